The maximum Gasteiger partial charge on any atom is 0.259 e. The molecule has 1 amide bonds. The first-order chi connectivity index (χ1) is 14.9. The third kappa shape index (κ3) is 3.10. The summed E-state index contributed by atoms with van der Waals surface area (Å²) in [6, 6.07) is 2.09. The van der Waals surface area contributed by atoms with E-state index in [0.29, 0.717) is 16.4 Å². The van der Waals surface area contributed by atoms with Gasteiger partial charge in [0.15, 0.2) is 5.65 Å². The zero-order valence-electron chi connectivity index (χ0n) is 18.3. The topological polar surface area (TPSA) is 85.6 Å². The quantitative estimate of drug-likeness (QED) is 0.629. The minimum atomic E-state index is -0.183. The molecule has 0 spiro atoms. The average molecular weight is 437 g/mol. The predicted octanol–water partition coefficient (Wildman–Crippen LogP) is 4.89. The van der Waals surface area contributed by atoms with Gasteiger partial charge >= 0.3 is 0 Å². The van der Waals surface area contributed by atoms with Crippen molar-refractivity contribution in [2.45, 2.75) is 70.8 Å². The lowest BCUT2D eigenvalue weighted by atomic mass is 9.50. The summed E-state index contributed by atoms with van der Waals surface area (Å²) < 4.78 is 1.88. The van der Waals surface area contributed by atoms with Crippen molar-refractivity contribution in [1.82, 2.24) is 25.0 Å². The highest BCUT2D eigenvalue weighted by Crippen LogP contribution is 2.61. The molecule has 0 saturated heterocycles. The van der Waals surface area contributed by atoms with E-state index in [1.807, 2.05) is 17.7 Å². The second kappa shape index (κ2) is 6.82. The van der Waals surface area contributed by atoms with Gasteiger partial charge in [0.1, 0.15) is 5.01 Å². The summed E-state index contributed by atoms with van der Waals surface area (Å²) in [7, 11) is 0. The zero-order chi connectivity index (χ0) is 21.3. The number of hydrogen-bond acceptors (Lipinski definition) is 6. The van der Waals surface area contributed by atoms with Crippen LogP contribution in [-0.2, 0) is 5.41 Å². The predicted molar refractivity (Wildman–Crippen MR) is 120 cm³/mol. The van der Waals surface area contributed by atoms with Gasteiger partial charge in [-0.2, -0.15) is 5.10 Å². The number of carbonyl (C=O) groups is 1. The summed E-state index contributed by atoms with van der Waals surface area (Å²) >= 11 is 1.57. The number of nitrogens with zero attached hydrogens (tertiary/aromatic N) is 5. The molecule has 4 aliphatic rings. The molecule has 31 heavy (non-hydrogen) atoms. The van der Waals surface area contributed by atoms with Crippen LogP contribution in [0.25, 0.3) is 11.0 Å². The molecule has 3 heterocycles. The van der Waals surface area contributed by atoms with Gasteiger partial charge in [-0.3, -0.25) is 10.1 Å². The molecule has 3 aromatic rings. The second-order valence-electron chi connectivity index (χ2n) is 10.3. The van der Waals surface area contributed by atoms with Crippen LogP contribution in [0.1, 0.15) is 79.5 Å². The van der Waals surface area contributed by atoms with E-state index in [1.165, 1.54) is 38.5 Å². The highest BCUT2D eigenvalue weighted by molar-refractivity contribution is 7.15. The van der Waals surface area contributed by atoms with Crippen molar-refractivity contribution in [3.63, 3.8) is 0 Å². The smallest absolute Gasteiger partial charge is 0.259 e. The second-order valence-corrected chi connectivity index (χ2v) is 11.3. The maximum atomic E-state index is 13.0. The van der Waals surface area contributed by atoms with Crippen LogP contribution in [0.15, 0.2) is 12.3 Å². The van der Waals surface area contributed by atoms with Gasteiger partial charge in [0, 0.05) is 16.8 Å². The Morgan fingerprint density at radius 1 is 1.16 bits per heavy atom. The molecule has 4 aliphatic carbocycles. The number of pyridine rings is 1. The van der Waals surface area contributed by atoms with Crippen LogP contribution in [0.3, 0.4) is 0 Å². The van der Waals surface area contributed by atoms with E-state index < -0.39 is 0 Å². The normalized spacial score (nSPS) is 29.2. The van der Waals surface area contributed by atoms with Crippen molar-refractivity contribution >= 4 is 33.4 Å². The van der Waals surface area contributed by atoms with E-state index in [9.17, 15) is 4.79 Å². The Bertz CT molecular complexity index is 1140. The minimum Gasteiger partial charge on any atom is -0.296 e. The van der Waals surface area contributed by atoms with Crippen molar-refractivity contribution in [3.8, 4) is 0 Å². The van der Waals surface area contributed by atoms with Crippen LogP contribution in [0.5, 0.6) is 0 Å². The van der Waals surface area contributed by atoms with Gasteiger partial charge in [0.2, 0.25) is 5.13 Å². The Hall–Kier alpha value is -2.35. The molecule has 4 bridgehead atoms. The van der Waals surface area contributed by atoms with Crippen molar-refractivity contribution in [3.05, 3.63) is 28.5 Å². The van der Waals surface area contributed by atoms with Crippen LogP contribution in [0, 0.1) is 24.7 Å². The molecule has 3 aromatic heterocycles. The van der Waals surface area contributed by atoms with Crippen molar-refractivity contribution in [2.75, 3.05) is 5.32 Å². The van der Waals surface area contributed by atoms with E-state index in [1.54, 1.807) is 17.5 Å². The van der Waals surface area contributed by atoms with Crippen LogP contribution in [0.4, 0.5) is 5.13 Å². The first-order valence-electron chi connectivity index (χ1n) is 11.4. The Morgan fingerprint density at radius 2 is 1.84 bits per heavy atom. The maximum absolute atomic E-state index is 13.0. The van der Waals surface area contributed by atoms with E-state index in [2.05, 4.69) is 39.4 Å². The Kier molecular flexibility index (Phi) is 4.26. The summed E-state index contributed by atoms with van der Waals surface area (Å²) in [5.74, 6) is 2.40. The monoisotopic (exact) mass is 436 g/mol. The molecule has 7 rings (SSSR count). The van der Waals surface area contributed by atoms with Crippen molar-refractivity contribution in [1.29, 1.82) is 0 Å². The molecule has 162 valence electrons. The van der Waals surface area contributed by atoms with Crippen LogP contribution < -0.4 is 5.32 Å². The molecular weight excluding hydrogens is 408 g/mol. The summed E-state index contributed by atoms with van der Waals surface area (Å²) in [5.41, 5.74) is 2.27. The number of fused-ring (bicyclic) bond motifs is 1. The van der Waals surface area contributed by atoms with E-state index in [-0.39, 0.29) is 17.4 Å². The van der Waals surface area contributed by atoms with Crippen molar-refractivity contribution in [2.24, 2.45) is 17.8 Å². The summed E-state index contributed by atoms with van der Waals surface area (Å²) in [6.07, 6.45) is 9.75. The first-order valence-corrected chi connectivity index (χ1v) is 12.2. The fourth-order valence-corrected chi connectivity index (χ4v) is 7.66. The first kappa shape index (κ1) is 19.3. The van der Waals surface area contributed by atoms with Gasteiger partial charge in [0.05, 0.1) is 17.5 Å². The molecule has 4 saturated carbocycles. The van der Waals surface area contributed by atoms with Crippen LogP contribution >= 0.6 is 11.3 Å². The zero-order valence-corrected chi connectivity index (χ0v) is 19.1. The molecule has 0 unspecified atom stereocenters. The molecule has 0 aliphatic heterocycles. The SMILES string of the molecule is Cc1nc2c(cnn2C(C)C)cc1C(=O)Nc1nnc(C23CC4CC(CC(C4)C2)C3)s1. The number of aryl methyl sites for hydroxylation is 1. The molecule has 4 fully saturated rings. The molecule has 8 heteroatoms. The molecule has 1 N–H and O–H groups in total. The van der Waals surface area contributed by atoms with Gasteiger partial charge in [-0.15, -0.1) is 10.2 Å². The summed E-state index contributed by atoms with van der Waals surface area (Å²) in [6.45, 7) is 6.01. The number of amides is 1. The van der Waals surface area contributed by atoms with Gasteiger partial charge < -0.3 is 0 Å². The van der Waals surface area contributed by atoms with E-state index >= 15 is 0 Å². The highest BCUT2D eigenvalue weighted by Gasteiger charge is 2.53. The fraction of sp³-hybridized carbons (Fsp3) is 0.609. The number of rotatable bonds is 4. The molecular formula is C23H28N6OS. The fourth-order valence-electron chi connectivity index (χ4n) is 6.70. The molecule has 7 nitrogen and oxygen atoms in total. The number of carbonyl (C=O) groups excluding carboxylic acids is 1. The summed E-state index contributed by atoms with van der Waals surface area (Å²) in [4.78, 5) is 17.7. The number of nitrogens with one attached hydrogen (secondary N) is 1. The van der Waals surface area contributed by atoms with Crippen LogP contribution in [-0.4, -0.2) is 30.9 Å². The lowest BCUT2D eigenvalue weighted by Gasteiger charge is -2.55. The van der Waals surface area contributed by atoms with Gasteiger partial charge in [0.25, 0.3) is 5.91 Å². The number of aromatic nitrogens is 5. The molecule has 0 radical (unpaired) electrons. The molecule has 0 aromatic carbocycles. The third-order valence-electron chi connectivity index (χ3n) is 7.63. The number of anilines is 1. The summed E-state index contributed by atoms with van der Waals surface area (Å²) in [5, 5.41) is 18.9. The van der Waals surface area contributed by atoms with Crippen LogP contribution in [0.2, 0.25) is 0 Å². The Morgan fingerprint density at radius 3 is 2.48 bits per heavy atom. The van der Waals surface area contributed by atoms with Gasteiger partial charge in [-0.05, 0) is 83.1 Å². The Labute approximate surface area is 185 Å². The largest absolute Gasteiger partial charge is 0.296 e. The number of hydrogen-bond donors (Lipinski definition) is 1. The Balaban J connectivity index is 1.25. The minimum absolute atomic E-state index is 0.183. The van der Waals surface area contributed by atoms with Crippen molar-refractivity contribution < 1.29 is 4.79 Å². The van der Waals surface area contributed by atoms with Gasteiger partial charge in [-0.25, -0.2) is 9.67 Å². The lowest BCUT2D eigenvalue weighted by molar-refractivity contribution is -0.00555. The highest BCUT2D eigenvalue weighted by atomic mass is 32.1. The molecule has 0 atom stereocenters. The average Bonchev–Trinajstić information content (AvgIpc) is 3.33. The lowest BCUT2D eigenvalue weighted by Crippen LogP contribution is -2.48. The van der Waals surface area contributed by atoms with E-state index in [0.717, 1.165) is 33.8 Å². The van der Waals surface area contributed by atoms with Gasteiger partial charge in [-0.1, -0.05) is 11.3 Å². The standard InChI is InChI=1S/C23H28N6OS/c1-12(2)29-19-17(11-24-29)7-18(13(3)25-19)20(30)26-22-28-27-21(31-22)23-8-14-4-15(9-23)6-16(5-14)10-23/h7,11-12,14-16H,4-6,8-10H2,1-3H3,(H,26,28,30). The third-order valence-corrected chi connectivity index (χ3v) is 8.72. The van der Waals surface area contributed by atoms with E-state index in [4.69, 9.17) is 0 Å².